The van der Waals surface area contributed by atoms with Gasteiger partial charge in [0.25, 0.3) is 0 Å². The minimum Gasteiger partial charge on any atom is -0.380 e. The van der Waals surface area contributed by atoms with Gasteiger partial charge in [-0.05, 0) is 31.0 Å². The summed E-state index contributed by atoms with van der Waals surface area (Å²) in [6.07, 6.45) is 3.40. The third-order valence-corrected chi connectivity index (χ3v) is 3.06. The number of nitrogens with one attached hydrogen (secondary N) is 1. The summed E-state index contributed by atoms with van der Waals surface area (Å²) < 4.78 is 18.8. The fourth-order valence-electron chi connectivity index (χ4n) is 2.23. The molecule has 1 N–H and O–H groups in total. The van der Waals surface area contributed by atoms with E-state index in [0.29, 0.717) is 6.61 Å². The molecular weight excluding hydrogens is 205 g/mol. The molecule has 0 aromatic heterocycles. The molecule has 0 bridgehead atoms. The summed E-state index contributed by atoms with van der Waals surface area (Å²) in [5, 5.41) is 3.36. The normalized spacial score (nSPS) is 21.0. The summed E-state index contributed by atoms with van der Waals surface area (Å²) in [5.74, 6) is -0.117. The van der Waals surface area contributed by atoms with Gasteiger partial charge < -0.3 is 10.1 Å². The van der Waals surface area contributed by atoms with Crippen LogP contribution in [0.2, 0.25) is 0 Å². The van der Waals surface area contributed by atoms with Crippen molar-refractivity contribution in [3.63, 3.8) is 0 Å². The Morgan fingerprint density at radius 2 is 2.31 bits per heavy atom. The van der Waals surface area contributed by atoms with Gasteiger partial charge in [-0.2, -0.15) is 0 Å². The van der Waals surface area contributed by atoms with Gasteiger partial charge in [0.05, 0.1) is 6.61 Å². The topological polar surface area (TPSA) is 21.3 Å². The van der Waals surface area contributed by atoms with E-state index in [9.17, 15) is 4.39 Å². The van der Waals surface area contributed by atoms with E-state index in [1.165, 1.54) is 12.8 Å². The number of hydrogen-bond donors (Lipinski definition) is 1. The highest BCUT2D eigenvalue weighted by molar-refractivity contribution is 5.27. The van der Waals surface area contributed by atoms with Gasteiger partial charge in [-0.1, -0.05) is 18.6 Å². The maximum atomic E-state index is 13.9. The molecule has 1 atom stereocenters. The van der Waals surface area contributed by atoms with Crippen LogP contribution in [0.25, 0.3) is 0 Å². The molecule has 1 aliphatic heterocycles. The number of piperidine rings is 1. The first-order valence-corrected chi connectivity index (χ1v) is 5.82. The number of rotatable bonds is 3. The Bertz CT molecular complexity index is 348. The van der Waals surface area contributed by atoms with Crippen LogP contribution in [0.3, 0.4) is 0 Å². The Hall–Kier alpha value is -0.930. The minimum atomic E-state index is -0.117. The summed E-state index contributed by atoms with van der Waals surface area (Å²) in [5.41, 5.74) is 1.68. The molecule has 1 unspecified atom stereocenters. The van der Waals surface area contributed by atoms with Crippen LogP contribution < -0.4 is 5.32 Å². The Kier molecular flexibility index (Phi) is 3.91. The van der Waals surface area contributed by atoms with Crippen molar-refractivity contribution >= 4 is 0 Å². The molecule has 1 saturated heterocycles. The second-order valence-electron chi connectivity index (χ2n) is 4.29. The predicted octanol–water partition coefficient (Wildman–Crippen LogP) is 2.79. The molecule has 0 radical (unpaired) electrons. The van der Waals surface area contributed by atoms with E-state index in [4.69, 9.17) is 4.74 Å². The van der Waals surface area contributed by atoms with Crippen LogP contribution in [0, 0.1) is 5.82 Å². The van der Waals surface area contributed by atoms with Crippen LogP contribution in [-0.2, 0) is 11.3 Å². The van der Waals surface area contributed by atoms with Gasteiger partial charge in [0.2, 0.25) is 0 Å². The molecule has 2 nitrogen and oxygen atoms in total. The molecule has 0 spiro atoms. The molecule has 0 aliphatic carbocycles. The summed E-state index contributed by atoms with van der Waals surface area (Å²) in [4.78, 5) is 0. The largest absolute Gasteiger partial charge is 0.380 e. The van der Waals surface area contributed by atoms with E-state index >= 15 is 0 Å². The zero-order valence-electron chi connectivity index (χ0n) is 9.63. The van der Waals surface area contributed by atoms with Gasteiger partial charge in [0.1, 0.15) is 5.82 Å². The van der Waals surface area contributed by atoms with Gasteiger partial charge in [0.15, 0.2) is 0 Å². The summed E-state index contributed by atoms with van der Waals surface area (Å²) in [6, 6.07) is 5.59. The molecular formula is C13H18FNO. The van der Waals surface area contributed by atoms with Crippen molar-refractivity contribution in [3.8, 4) is 0 Å². The number of methoxy groups -OCH3 is 1. The maximum absolute atomic E-state index is 13.9. The molecule has 2 rings (SSSR count). The van der Waals surface area contributed by atoms with Crippen LogP contribution in [0.1, 0.15) is 36.4 Å². The van der Waals surface area contributed by atoms with E-state index in [1.807, 2.05) is 12.1 Å². The monoisotopic (exact) mass is 223 g/mol. The van der Waals surface area contributed by atoms with Gasteiger partial charge >= 0.3 is 0 Å². The van der Waals surface area contributed by atoms with Crippen molar-refractivity contribution in [3.05, 3.63) is 35.1 Å². The zero-order chi connectivity index (χ0) is 11.4. The summed E-state index contributed by atoms with van der Waals surface area (Å²) in [7, 11) is 1.62. The lowest BCUT2D eigenvalue weighted by molar-refractivity contribution is 0.184. The van der Waals surface area contributed by atoms with E-state index in [-0.39, 0.29) is 11.9 Å². The van der Waals surface area contributed by atoms with Gasteiger partial charge in [0, 0.05) is 18.7 Å². The second kappa shape index (κ2) is 5.41. The summed E-state index contributed by atoms with van der Waals surface area (Å²) in [6.45, 7) is 1.46. The van der Waals surface area contributed by atoms with E-state index < -0.39 is 0 Å². The molecule has 0 amide bonds. The first-order chi connectivity index (χ1) is 7.81. The van der Waals surface area contributed by atoms with Crippen molar-refractivity contribution in [2.75, 3.05) is 13.7 Å². The molecule has 1 aromatic rings. The first-order valence-electron chi connectivity index (χ1n) is 5.82. The molecule has 3 heteroatoms. The predicted molar refractivity (Wildman–Crippen MR) is 61.7 cm³/mol. The highest BCUT2D eigenvalue weighted by atomic mass is 19.1. The van der Waals surface area contributed by atoms with Crippen LogP contribution in [0.15, 0.2) is 18.2 Å². The molecule has 1 aromatic carbocycles. The van der Waals surface area contributed by atoms with Crippen molar-refractivity contribution in [2.45, 2.75) is 31.9 Å². The van der Waals surface area contributed by atoms with Gasteiger partial charge in [-0.3, -0.25) is 0 Å². The quantitative estimate of drug-likeness (QED) is 0.850. The standard InChI is InChI=1S/C13H18FNO/c1-16-9-10-5-6-11(12(14)8-10)13-4-2-3-7-15-13/h5-6,8,13,15H,2-4,7,9H2,1H3. The zero-order valence-corrected chi connectivity index (χ0v) is 9.63. The number of benzene rings is 1. The number of ether oxygens (including phenoxy) is 1. The maximum Gasteiger partial charge on any atom is 0.128 e. The van der Waals surface area contributed by atoms with Gasteiger partial charge in [-0.25, -0.2) is 4.39 Å². The number of hydrogen-bond acceptors (Lipinski definition) is 2. The average molecular weight is 223 g/mol. The first kappa shape index (κ1) is 11.6. The third kappa shape index (κ3) is 2.60. The SMILES string of the molecule is COCc1ccc(C2CCCCN2)c(F)c1. The number of halogens is 1. The molecule has 88 valence electrons. The lowest BCUT2D eigenvalue weighted by Crippen LogP contribution is -2.27. The Labute approximate surface area is 95.8 Å². The van der Waals surface area contributed by atoms with Crippen molar-refractivity contribution in [1.82, 2.24) is 5.32 Å². The Morgan fingerprint density at radius 3 is 2.94 bits per heavy atom. The second-order valence-corrected chi connectivity index (χ2v) is 4.29. The van der Waals surface area contributed by atoms with Crippen LogP contribution >= 0.6 is 0 Å². The van der Waals surface area contributed by atoms with Crippen molar-refractivity contribution in [2.24, 2.45) is 0 Å². The Balaban J connectivity index is 2.14. The van der Waals surface area contributed by atoms with E-state index in [2.05, 4.69) is 5.32 Å². The highest BCUT2D eigenvalue weighted by Crippen LogP contribution is 2.25. The smallest absolute Gasteiger partial charge is 0.128 e. The molecule has 16 heavy (non-hydrogen) atoms. The highest BCUT2D eigenvalue weighted by Gasteiger charge is 2.18. The van der Waals surface area contributed by atoms with Crippen LogP contribution in [0.4, 0.5) is 4.39 Å². The molecule has 0 saturated carbocycles. The van der Waals surface area contributed by atoms with E-state index in [0.717, 1.165) is 24.1 Å². The molecule has 1 heterocycles. The lowest BCUT2D eigenvalue weighted by Gasteiger charge is -2.24. The average Bonchev–Trinajstić information content (AvgIpc) is 2.31. The lowest BCUT2D eigenvalue weighted by atomic mass is 9.96. The van der Waals surface area contributed by atoms with Gasteiger partial charge in [-0.15, -0.1) is 0 Å². The fraction of sp³-hybridized carbons (Fsp3) is 0.538. The Morgan fingerprint density at radius 1 is 1.44 bits per heavy atom. The van der Waals surface area contributed by atoms with Crippen molar-refractivity contribution < 1.29 is 9.13 Å². The van der Waals surface area contributed by atoms with Crippen molar-refractivity contribution in [1.29, 1.82) is 0 Å². The summed E-state index contributed by atoms with van der Waals surface area (Å²) >= 11 is 0. The third-order valence-electron chi connectivity index (χ3n) is 3.06. The van der Waals surface area contributed by atoms with Crippen LogP contribution in [-0.4, -0.2) is 13.7 Å². The molecule has 1 aliphatic rings. The fourth-order valence-corrected chi connectivity index (χ4v) is 2.23. The minimum absolute atomic E-state index is 0.117. The van der Waals surface area contributed by atoms with Crippen LogP contribution in [0.5, 0.6) is 0 Å². The molecule has 1 fully saturated rings. The van der Waals surface area contributed by atoms with E-state index in [1.54, 1.807) is 13.2 Å².